The molecule has 2 aliphatic heterocycles. The average molecular weight is 461 g/mol. The van der Waals surface area contributed by atoms with Crippen LogP contribution in [0.15, 0.2) is 41.0 Å². The number of esters is 1. The highest BCUT2D eigenvalue weighted by Crippen LogP contribution is 2.30. The van der Waals surface area contributed by atoms with Gasteiger partial charge in [0.2, 0.25) is 10.0 Å². The second-order valence-corrected chi connectivity index (χ2v) is 9.85. The Balaban J connectivity index is 1.40. The number of fused-ring (bicyclic) bond motifs is 1. The van der Waals surface area contributed by atoms with Gasteiger partial charge in [0, 0.05) is 18.7 Å². The minimum atomic E-state index is -3.39. The Morgan fingerprint density at radius 2 is 1.97 bits per heavy atom. The highest BCUT2D eigenvalue weighted by atomic mass is 32.2. The molecular formula is C22H24N2O7S. The number of carbonyl (C=O) groups excluding carboxylic acids is 3. The number of aryl methyl sites for hydroxylation is 1. The third-order valence-electron chi connectivity index (χ3n) is 5.74. The molecule has 1 saturated heterocycles. The molecule has 0 aliphatic carbocycles. The van der Waals surface area contributed by atoms with Crippen LogP contribution < -0.4 is 4.31 Å². The Bertz CT molecular complexity index is 1140. The van der Waals surface area contributed by atoms with Crippen molar-refractivity contribution in [1.82, 2.24) is 4.90 Å². The second-order valence-electron chi connectivity index (χ2n) is 7.95. The number of benzene rings is 1. The summed E-state index contributed by atoms with van der Waals surface area (Å²) in [6, 6.07) is 7.20. The molecule has 1 fully saturated rings. The van der Waals surface area contributed by atoms with Gasteiger partial charge in [0.1, 0.15) is 6.04 Å². The van der Waals surface area contributed by atoms with Crippen LogP contribution in [0.5, 0.6) is 0 Å². The number of hydrogen-bond donors (Lipinski definition) is 0. The first kappa shape index (κ1) is 22.1. The van der Waals surface area contributed by atoms with E-state index >= 15 is 0 Å². The highest BCUT2D eigenvalue weighted by molar-refractivity contribution is 7.92. The van der Waals surface area contributed by atoms with E-state index in [2.05, 4.69) is 0 Å². The van der Waals surface area contributed by atoms with Crippen molar-refractivity contribution in [2.24, 2.45) is 0 Å². The maximum Gasteiger partial charge on any atom is 0.329 e. The zero-order valence-corrected chi connectivity index (χ0v) is 18.5. The largest absolute Gasteiger partial charge is 0.459 e. The minimum absolute atomic E-state index is 0.151. The predicted molar refractivity (Wildman–Crippen MR) is 115 cm³/mol. The fourth-order valence-electron chi connectivity index (χ4n) is 4.19. The van der Waals surface area contributed by atoms with Crippen molar-refractivity contribution in [3.63, 3.8) is 0 Å². The van der Waals surface area contributed by atoms with Crippen molar-refractivity contribution in [3.05, 3.63) is 53.5 Å². The Morgan fingerprint density at radius 1 is 1.16 bits per heavy atom. The minimum Gasteiger partial charge on any atom is -0.459 e. The monoisotopic (exact) mass is 460 g/mol. The Morgan fingerprint density at radius 3 is 2.69 bits per heavy atom. The first-order chi connectivity index (χ1) is 15.3. The molecule has 1 amide bonds. The second kappa shape index (κ2) is 8.78. The molecule has 1 aromatic carbocycles. The summed E-state index contributed by atoms with van der Waals surface area (Å²) in [5.74, 6) is -1.25. The molecule has 0 radical (unpaired) electrons. The highest BCUT2D eigenvalue weighted by Gasteiger charge is 2.37. The topological polar surface area (TPSA) is 114 Å². The number of amides is 1. The summed E-state index contributed by atoms with van der Waals surface area (Å²) in [6.45, 7) is 0.368. The fourth-order valence-corrected chi connectivity index (χ4v) is 5.19. The lowest BCUT2D eigenvalue weighted by Gasteiger charge is -2.29. The first-order valence-electron chi connectivity index (χ1n) is 10.4. The molecule has 0 spiro atoms. The Kier molecular flexibility index (Phi) is 6.05. The smallest absolute Gasteiger partial charge is 0.329 e. The standard InChI is InChI=1S/C22H24N2O7S/c1-32(28,29)24-11-2-5-15-13-16(8-9-17(15)24)19(25)14-31-22(27)18-6-3-10-23(18)21(26)20-7-4-12-30-20/h4,7-9,12-13,18H,2-3,5-6,10-11,14H2,1H3/t18-/m0/s1. The summed E-state index contributed by atoms with van der Waals surface area (Å²) >= 11 is 0. The van der Waals surface area contributed by atoms with Crippen LogP contribution in [0.3, 0.4) is 0 Å². The number of furan rings is 1. The quantitative estimate of drug-likeness (QED) is 0.479. The molecule has 0 saturated carbocycles. The van der Waals surface area contributed by atoms with E-state index in [4.69, 9.17) is 9.15 Å². The molecule has 2 aromatic rings. The lowest BCUT2D eigenvalue weighted by atomic mass is 9.99. The molecule has 9 nitrogen and oxygen atoms in total. The van der Waals surface area contributed by atoms with Crippen molar-refractivity contribution >= 4 is 33.4 Å². The zero-order chi connectivity index (χ0) is 22.9. The van der Waals surface area contributed by atoms with Gasteiger partial charge in [-0.15, -0.1) is 0 Å². The van der Waals surface area contributed by atoms with Gasteiger partial charge in [0.05, 0.1) is 18.2 Å². The number of Topliss-reactive ketones (excluding diaryl/α,β-unsaturated/α-hetero) is 1. The van der Waals surface area contributed by atoms with Crippen LogP contribution in [0.1, 0.15) is 45.7 Å². The van der Waals surface area contributed by atoms with Gasteiger partial charge < -0.3 is 14.1 Å². The zero-order valence-electron chi connectivity index (χ0n) is 17.7. The summed E-state index contributed by atoms with van der Waals surface area (Å²) in [5.41, 5.74) is 1.69. The molecule has 0 bridgehead atoms. The SMILES string of the molecule is CS(=O)(=O)N1CCCc2cc(C(=O)COC(=O)[C@@H]3CCCN3C(=O)c3ccco3)ccc21. The van der Waals surface area contributed by atoms with Gasteiger partial charge in [-0.25, -0.2) is 13.2 Å². The third kappa shape index (κ3) is 4.40. The van der Waals surface area contributed by atoms with Gasteiger partial charge in [0.25, 0.3) is 5.91 Å². The van der Waals surface area contributed by atoms with E-state index in [1.165, 1.54) is 21.5 Å². The van der Waals surface area contributed by atoms with E-state index in [1.54, 1.807) is 24.3 Å². The van der Waals surface area contributed by atoms with Gasteiger partial charge in [-0.2, -0.15) is 0 Å². The Labute approximate surface area is 186 Å². The average Bonchev–Trinajstić information content (AvgIpc) is 3.47. The molecule has 4 rings (SSSR count). The van der Waals surface area contributed by atoms with Crippen LogP contribution in [0, 0.1) is 0 Å². The number of ketones is 1. The van der Waals surface area contributed by atoms with Crippen molar-refractivity contribution < 1.29 is 32.0 Å². The fraction of sp³-hybridized carbons (Fsp3) is 0.409. The van der Waals surface area contributed by atoms with Gasteiger partial charge in [-0.3, -0.25) is 13.9 Å². The molecule has 170 valence electrons. The van der Waals surface area contributed by atoms with Crippen molar-refractivity contribution in [3.8, 4) is 0 Å². The summed E-state index contributed by atoms with van der Waals surface area (Å²) in [5, 5.41) is 0. The first-order valence-corrected chi connectivity index (χ1v) is 12.3. The normalized spacial score (nSPS) is 18.3. The maximum absolute atomic E-state index is 12.6. The summed E-state index contributed by atoms with van der Waals surface area (Å²) in [4.78, 5) is 39.1. The third-order valence-corrected chi connectivity index (χ3v) is 6.92. The number of likely N-dealkylation sites (tertiary alicyclic amines) is 1. The van der Waals surface area contributed by atoms with Crippen LogP contribution in [-0.2, 0) is 26.0 Å². The molecule has 1 atom stereocenters. The number of nitrogens with zero attached hydrogens (tertiary/aromatic N) is 2. The van der Waals surface area contributed by atoms with Gasteiger partial charge in [0.15, 0.2) is 18.2 Å². The van der Waals surface area contributed by atoms with E-state index in [9.17, 15) is 22.8 Å². The summed E-state index contributed by atoms with van der Waals surface area (Å²) in [7, 11) is -3.39. The molecule has 0 unspecified atom stereocenters. The van der Waals surface area contributed by atoms with Crippen molar-refractivity contribution in [2.45, 2.75) is 31.7 Å². The van der Waals surface area contributed by atoms with Crippen LogP contribution in [0.25, 0.3) is 0 Å². The maximum atomic E-state index is 12.6. The van der Waals surface area contributed by atoms with Crippen molar-refractivity contribution in [1.29, 1.82) is 0 Å². The number of hydrogen-bond acceptors (Lipinski definition) is 7. The van der Waals surface area contributed by atoms with Crippen molar-refractivity contribution in [2.75, 3.05) is 30.3 Å². The van der Waals surface area contributed by atoms with Gasteiger partial charge in [-0.05, 0) is 61.6 Å². The molecule has 32 heavy (non-hydrogen) atoms. The predicted octanol–water partition coefficient (Wildman–Crippen LogP) is 2.02. The van der Waals surface area contributed by atoms with Crippen LogP contribution in [0.2, 0.25) is 0 Å². The summed E-state index contributed by atoms with van der Waals surface area (Å²) in [6.07, 6.45) is 4.98. The molecule has 1 aromatic heterocycles. The van der Waals surface area contributed by atoms with Crippen LogP contribution >= 0.6 is 0 Å². The molecule has 3 heterocycles. The summed E-state index contributed by atoms with van der Waals surface area (Å²) < 4.78 is 35.7. The number of rotatable bonds is 6. The van der Waals surface area contributed by atoms with E-state index in [-0.39, 0.29) is 17.5 Å². The lowest BCUT2D eigenvalue weighted by molar-refractivity contribution is -0.147. The van der Waals surface area contributed by atoms with E-state index in [1.807, 2.05) is 0 Å². The van der Waals surface area contributed by atoms with Crippen LogP contribution in [-0.4, -0.2) is 63.0 Å². The van der Waals surface area contributed by atoms with Crippen LogP contribution in [0.4, 0.5) is 5.69 Å². The molecule has 10 heteroatoms. The van der Waals surface area contributed by atoms with E-state index in [0.717, 1.165) is 11.8 Å². The Hall–Kier alpha value is -3.14. The number of anilines is 1. The lowest BCUT2D eigenvalue weighted by Crippen LogP contribution is -2.41. The number of carbonyl (C=O) groups is 3. The molecule has 2 aliphatic rings. The van der Waals surface area contributed by atoms with E-state index in [0.29, 0.717) is 50.0 Å². The molecular weight excluding hydrogens is 436 g/mol. The number of ether oxygens (including phenoxy) is 1. The molecule has 0 N–H and O–H groups in total. The van der Waals surface area contributed by atoms with Gasteiger partial charge in [-0.1, -0.05) is 0 Å². The number of sulfonamides is 1. The van der Waals surface area contributed by atoms with E-state index < -0.39 is 28.6 Å². The van der Waals surface area contributed by atoms with Gasteiger partial charge >= 0.3 is 5.97 Å².